The molecule has 1 saturated carbocycles. The number of hydrogen-bond acceptors (Lipinski definition) is 3. The molecule has 0 radical (unpaired) electrons. The first-order valence-electron chi connectivity index (χ1n) is 4.29. The SMILES string of the molecule is CC.CC(=O)C1(O)CC1N=C(N)N. The van der Waals surface area contributed by atoms with Crippen LogP contribution in [0.1, 0.15) is 27.2 Å². The predicted molar refractivity (Wildman–Crippen MR) is 51.2 cm³/mol. The van der Waals surface area contributed by atoms with E-state index in [9.17, 15) is 9.90 Å². The minimum Gasteiger partial charge on any atom is -0.380 e. The van der Waals surface area contributed by atoms with E-state index in [0.717, 1.165) is 0 Å². The largest absolute Gasteiger partial charge is 0.380 e. The van der Waals surface area contributed by atoms with Crippen LogP contribution in [-0.4, -0.2) is 28.5 Å². The van der Waals surface area contributed by atoms with Crippen molar-refractivity contribution in [1.82, 2.24) is 0 Å². The van der Waals surface area contributed by atoms with Gasteiger partial charge in [-0.3, -0.25) is 4.79 Å². The minimum atomic E-state index is -1.29. The number of rotatable bonds is 2. The Kier molecular flexibility index (Phi) is 3.87. The lowest BCUT2D eigenvalue weighted by atomic mass is 10.2. The number of Topliss-reactive ketones (excluding diaryl/α,β-unsaturated/α-hetero) is 1. The Morgan fingerprint density at radius 2 is 2.00 bits per heavy atom. The minimum absolute atomic E-state index is 0.0906. The second-order valence-electron chi connectivity index (χ2n) is 2.75. The number of nitrogens with zero attached hydrogens (tertiary/aromatic N) is 1. The van der Waals surface area contributed by atoms with Crippen molar-refractivity contribution in [2.45, 2.75) is 38.8 Å². The summed E-state index contributed by atoms with van der Waals surface area (Å²) in [6.07, 6.45) is 0.334. The van der Waals surface area contributed by atoms with E-state index in [1.54, 1.807) is 0 Å². The molecule has 0 aromatic carbocycles. The zero-order chi connectivity index (χ0) is 10.6. The number of ketones is 1. The van der Waals surface area contributed by atoms with Crippen molar-refractivity contribution in [3.05, 3.63) is 0 Å². The van der Waals surface area contributed by atoms with Crippen LogP contribution >= 0.6 is 0 Å². The monoisotopic (exact) mass is 187 g/mol. The molecular weight excluding hydrogens is 170 g/mol. The molecule has 0 heterocycles. The van der Waals surface area contributed by atoms with Crippen molar-refractivity contribution in [1.29, 1.82) is 0 Å². The lowest BCUT2D eigenvalue weighted by Gasteiger charge is -2.01. The van der Waals surface area contributed by atoms with E-state index >= 15 is 0 Å². The van der Waals surface area contributed by atoms with Gasteiger partial charge in [0.2, 0.25) is 0 Å². The van der Waals surface area contributed by atoms with E-state index < -0.39 is 11.6 Å². The summed E-state index contributed by atoms with van der Waals surface area (Å²) in [4.78, 5) is 14.4. The summed E-state index contributed by atoms with van der Waals surface area (Å²) in [5.41, 5.74) is 8.83. The van der Waals surface area contributed by atoms with Gasteiger partial charge in [0, 0.05) is 6.42 Å². The second-order valence-corrected chi connectivity index (χ2v) is 2.75. The normalized spacial score (nSPS) is 29.7. The van der Waals surface area contributed by atoms with Crippen molar-refractivity contribution >= 4 is 11.7 Å². The number of hydrogen-bond donors (Lipinski definition) is 3. The summed E-state index contributed by atoms with van der Waals surface area (Å²) in [5, 5.41) is 9.35. The van der Waals surface area contributed by atoms with Crippen molar-refractivity contribution in [3.8, 4) is 0 Å². The highest BCUT2D eigenvalue weighted by atomic mass is 16.3. The highest BCUT2D eigenvalue weighted by Gasteiger charge is 2.57. The van der Waals surface area contributed by atoms with Crippen LogP contribution in [0.5, 0.6) is 0 Å². The highest BCUT2D eigenvalue weighted by Crippen LogP contribution is 2.39. The van der Waals surface area contributed by atoms with Crippen LogP contribution in [0.2, 0.25) is 0 Å². The molecule has 0 amide bonds. The highest BCUT2D eigenvalue weighted by molar-refractivity contribution is 5.90. The van der Waals surface area contributed by atoms with Gasteiger partial charge in [0.25, 0.3) is 0 Å². The Morgan fingerprint density at radius 1 is 1.54 bits per heavy atom. The van der Waals surface area contributed by atoms with Crippen LogP contribution in [0.3, 0.4) is 0 Å². The Hall–Kier alpha value is -1.10. The van der Waals surface area contributed by atoms with Gasteiger partial charge in [-0.1, -0.05) is 13.8 Å². The maximum absolute atomic E-state index is 10.7. The van der Waals surface area contributed by atoms with E-state index in [-0.39, 0.29) is 11.7 Å². The maximum atomic E-state index is 10.7. The van der Waals surface area contributed by atoms with Gasteiger partial charge in [0.05, 0.1) is 6.04 Å². The van der Waals surface area contributed by atoms with E-state index in [1.807, 2.05) is 13.8 Å². The van der Waals surface area contributed by atoms with Gasteiger partial charge >= 0.3 is 0 Å². The zero-order valence-corrected chi connectivity index (χ0v) is 8.24. The maximum Gasteiger partial charge on any atom is 0.186 e. The smallest absolute Gasteiger partial charge is 0.186 e. The molecule has 0 aliphatic heterocycles. The molecule has 1 aliphatic rings. The standard InChI is InChI=1S/C6H11N3O2.C2H6/c1-3(10)6(11)2-4(6)9-5(7)8;1-2/h4,11H,2H2,1H3,(H4,7,8,9);1-2H3. The van der Waals surface area contributed by atoms with E-state index in [1.165, 1.54) is 6.92 Å². The third kappa shape index (κ3) is 2.69. The summed E-state index contributed by atoms with van der Waals surface area (Å²) in [6, 6.07) is -0.426. The molecule has 0 saturated heterocycles. The summed E-state index contributed by atoms with van der Waals surface area (Å²) in [6.45, 7) is 5.32. The number of nitrogens with two attached hydrogens (primary N) is 2. The van der Waals surface area contributed by atoms with Gasteiger partial charge in [0.1, 0.15) is 5.60 Å². The molecule has 1 fully saturated rings. The molecule has 5 N–H and O–H groups in total. The van der Waals surface area contributed by atoms with Gasteiger partial charge in [-0.2, -0.15) is 0 Å². The van der Waals surface area contributed by atoms with Crippen LogP contribution in [0.4, 0.5) is 0 Å². The van der Waals surface area contributed by atoms with Crippen molar-refractivity contribution in [2.24, 2.45) is 16.5 Å². The molecule has 0 aromatic heterocycles. The Labute approximate surface area is 77.8 Å². The average molecular weight is 187 g/mol. The zero-order valence-electron chi connectivity index (χ0n) is 8.24. The molecule has 2 atom stereocenters. The first kappa shape index (κ1) is 11.9. The van der Waals surface area contributed by atoms with Crippen LogP contribution in [0, 0.1) is 0 Å². The Morgan fingerprint density at radius 3 is 2.23 bits per heavy atom. The van der Waals surface area contributed by atoms with Crippen LogP contribution in [0.15, 0.2) is 4.99 Å². The molecule has 0 aromatic rings. The summed E-state index contributed by atoms with van der Waals surface area (Å²) in [7, 11) is 0. The number of carbonyl (C=O) groups is 1. The number of aliphatic imine (C=N–C) groups is 1. The molecule has 1 aliphatic carbocycles. The molecule has 13 heavy (non-hydrogen) atoms. The fraction of sp³-hybridized carbons (Fsp3) is 0.750. The summed E-state index contributed by atoms with van der Waals surface area (Å²) in [5.74, 6) is -0.375. The lowest BCUT2D eigenvalue weighted by Crippen LogP contribution is -2.27. The van der Waals surface area contributed by atoms with Crippen LogP contribution in [-0.2, 0) is 4.79 Å². The molecule has 2 unspecified atom stereocenters. The van der Waals surface area contributed by atoms with E-state index in [0.29, 0.717) is 6.42 Å². The van der Waals surface area contributed by atoms with Crippen molar-refractivity contribution in [3.63, 3.8) is 0 Å². The molecule has 76 valence electrons. The van der Waals surface area contributed by atoms with Crippen molar-refractivity contribution in [2.75, 3.05) is 0 Å². The first-order valence-corrected chi connectivity index (χ1v) is 4.29. The van der Waals surface area contributed by atoms with E-state index in [4.69, 9.17) is 11.5 Å². The molecule has 5 heteroatoms. The van der Waals surface area contributed by atoms with Gasteiger partial charge in [-0.25, -0.2) is 4.99 Å². The summed E-state index contributed by atoms with van der Waals surface area (Å²) >= 11 is 0. The predicted octanol–water partition coefficient (Wildman–Crippen LogP) is -0.622. The Balaban J connectivity index is 0.000000671. The Bertz CT molecular complexity index is 223. The molecule has 0 bridgehead atoms. The van der Waals surface area contributed by atoms with Gasteiger partial charge in [-0.15, -0.1) is 0 Å². The van der Waals surface area contributed by atoms with Crippen LogP contribution < -0.4 is 11.5 Å². The molecule has 0 spiro atoms. The van der Waals surface area contributed by atoms with Gasteiger partial charge in [0.15, 0.2) is 11.7 Å². The van der Waals surface area contributed by atoms with Crippen LogP contribution in [0.25, 0.3) is 0 Å². The second kappa shape index (κ2) is 4.23. The fourth-order valence-electron chi connectivity index (χ4n) is 0.947. The third-order valence-corrected chi connectivity index (χ3v) is 1.81. The van der Waals surface area contributed by atoms with Crippen molar-refractivity contribution < 1.29 is 9.90 Å². The summed E-state index contributed by atoms with van der Waals surface area (Å²) < 4.78 is 0. The third-order valence-electron chi connectivity index (χ3n) is 1.81. The quantitative estimate of drug-likeness (QED) is 0.396. The number of carbonyl (C=O) groups excluding carboxylic acids is 1. The lowest BCUT2D eigenvalue weighted by molar-refractivity contribution is -0.127. The van der Waals surface area contributed by atoms with Gasteiger partial charge in [-0.05, 0) is 6.92 Å². The van der Waals surface area contributed by atoms with E-state index in [2.05, 4.69) is 4.99 Å². The number of aliphatic hydroxyl groups is 1. The first-order chi connectivity index (χ1) is 5.97. The molecule has 5 nitrogen and oxygen atoms in total. The topological polar surface area (TPSA) is 102 Å². The van der Waals surface area contributed by atoms with Gasteiger partial charge < -0.3 is 16.6 Å². The molecule has 1 rings (SSSR count). The number of guanidine groups is 1. The average Bonchev–Trinajstić information content (AvgIpc) is 2.66. The fourth-order valence-corrected chi connectivity index (χ4v) is 0.947. The molecular formula is C8H17N3O2.